The predicted molar refractivity (Wildman–Crippen MR) is 105 cm³/mol. The first kappa shape index (κ1) is 22.3. The fraction of sp³-hybridized carbons (Fsp3) is 0.526. The number of aromatic nitrogens is 3. The molecule has 3 atom stereocenters. The zero-order valence-electron chi connectivity index (χ0n) is 17.5. The summed E-state index contributed by atoms with van der Waals surface area (Å²) in [4.78, 5) is 29.1. The molecule has 2 aromatic heterocycles. The van der Waals surface area contributed by atoms with Crippen molar-refractivity contribution in [1.29, 1.82) is 5.26 Å². The van der Waals surface area contributed by atoms with Gasteiger partial charge in [-0.2, -0.15) is 10.4 Å². The van der Waals surface area contributed by atoms with Crippen LogP contribution in [0.3, 0.4) is 0 Å². The second-order valence-electron chi connectivity index (χ2n) is 7.40. The Morgan fingerprint density at radius 1 is 1.45 bits per heavy atom. The minimum atomic E-state index is -1.34. The third kappa shape index (κ3) is 5.19. The summed E-state index contributed by atoms with van der Waals surface area (Å²) in [6.07, 6.45) is -0.456. The average Bonchev–Trinajstić information content (AvgIpc) is 3.31. The second-order valence-corrected chi connectivity index (χ2v) is 7.40. The minimum Gasteiger partial charge on any atom is -0.430 e. The number of likely N-dealkylation sites (N-methyl/N-ethyl adjacent to an activating group) is 1. The third-order valence-corrected chi connectivity index (χ3v) is 4.65. The molecule has 1 aliphatic heterocycles. The summed E-state index contributed by atoms with van der Waals surface area (Å²) >= 11 is 0. The number of hydrogen-bond acceptors (Lipinski definition) is 11. The van der Waals surface area contributed by atoms with Gasteiger partial charge in [-0.3, -0.25) is 9.69 Å². The molecule has 2 N–H and O–H groups in total. The van der Waals surface area contributed by atoms with Crippen molar-refractivity contribution in [2.45, 2.75) is 37.8 Å². The van der Waals surface area contributed by atoms with Crippen molar-refractivity contribution in [2.24, 2.45) is 0 Å². The van der Waals surface area contributed by atoms with Crippen LogP contribution in [0.25, 0.3) is 5.52 Å². The molecule has 3 heterocycles. The molecule has 1 saturated heterocycles. The van der Waals surface area contributed by atoms with Gasteiger partial charge in [-0.25, -0.2) is 14.3 Å². The van der Waals surface area contributed by atoms with Gasteiger partial charge in [-0.15, -0.1) is 0 Å². The van der Waals surface area contributed by atoms with Crippen molar-refractivity contribution in [3.05, 3.63) is 24.2 Å². The van der Waals surface area contributed by atoms with Crippen LogP contribution in [0.1, 0.15) is 31.6 Å². The molecule has 0 bridgehead atoms. The average molecular weight is 432 g/mol. The largest absolute Gasteiger partial charge is 0.511 e. The summed E-state index contributed by atoms with van der Waals surface area (Å²) in [6, 6.07) is 5.65. The highest BCUT2D eigenvalue weighted by molar-refractivity contribution is 5.72. The van der Waals surface area contributed by atoms with Gasteiger partial charge in [0.2, 0.25) is 6.29 Å². The smallest absolute Gasteiger partial charge is 0.430 e. The van der Waals surface area contributed by atoms with E-state index in [-0.39, 0.29) is 13.2 Å². The lowest BCUT2D eigenvalue weighted by atomic mass is 10.0. The molecule has 0 amide bonds. The van der Waals surface area contributed by atoms with Gasteiger partial charge in [-0.1, -0.05) is 0 Å². The number of anilines is 1. The van der Waals surface area contributed by atoms with Crippen molar-refractivity contribution in [3.8, 4) is 6.07 Å². The standard InChI is InChI=1S/C19H24N6O6/c1-12(29-16(26)8-24(2)3)30-18(27)28-10-19(9-20)7-6-15(31-19)13-4-5-14-17(21)22-11-23-25(13)14/h4-5,11-12,15H,6-8,10H2,1-3H3,(H2,21,22,23). The van der Waals surface area contributed by atoms with Crippen molar-refractivity contribution in [3.63, 3.8) is 0 Å². The summed E-state index contributed by atoms with van der Waals surface area (Å²) in [5.74, 6) is -0.220. The van der Waals surface area contributed by atoms with E-state index in [4.69, 9.17) is 24.7 Å². The first-order valence-corrected chi connectivity index (χ1v) is 9.58. The minimum absolute atomic E-state index is 0.0422. The van der Waals surface area contributed by atoms with Gasteiger partial charge >= 0.3 is 12.1 Å². The number of nitrogens with two attached hydrogens (primary N) is 1. The molecule has 2 aromatic rings. The first-order valence-electron chi connectivity index (χ1n) is 9.58. The van der Waals surface area contributed by atoms with Crippen molar-refractivity contribution in [2.75, 3.05) is 33.0 Å². The molecule has 166 valence electrons. The molecule has 3 unspecified atom stereocenters. The van der Waals surface area contributed by atoms with E-state index in [1.54, 1.807) is 35.6 Å². The van der Waals surface area contributed by atoms with Gasteiger partial charge in [0.05, 0.1) is 12.2 Å². The van der Waals surface area contributed by atoms with E-state index in [2.05, 4.69) is 16.2 Å². The molecule has 0 aliphatic carbocycles. The lowest BCUT2D eigenvalue weighted by Crippen LogP contribution is -2.35. The molecule has 12 heteroatoms. The van der Waals surface area contributed by atoms with Crippen LogP contribution in [0.5, 0.6) is 0 Å². The van der Waals surface area contributed by atoms with Gasteiger partial charge in [0.1, 0.15) is 30.6 Å². The highest BCUT2D eigenvalue weighted by Crippen LogP contribution is 2.40. The Morgan fingerprint density at radius 2 is 2.23 bits per heavy atom. The number of nitriles is 1. The lowest BCUT2D eigenvalue weighted by Gasteiger charge is -2.22. The van der Waals surface area contributed by atoms with Gasteiger partial charge in [-0.05, 0) is 39.1 Å². The Morgan fingerprint density at radius 3 is 2.94 bits per heavy atom. The Labute approximate surface area is 178 Å². The maximum absolute atomic E-state index is 11.9. The molecular formula is C19H24N6O6. The second kappa shape index (κ2) is 9.15. The van der Waals surface area contributed by atoms with E-state index in [1.165, 1.54) is 13.3 Å². The monoisotopic (exact) mass is 432 g/mol. The summed E-state index contributed by atoms with van der Waals surface area (Å²) in [5, 5.41) is 13.8. The van der Waals surface area contributed by atoms with Crippen LogP contribution in [0, 0.1) is 11.3 Å². The molecule has 0 saturated carbocycles. The molecule has 1 fully saturated rings. The summed E-state index contributed by atoms with van der Waals surface area (Å²) < 4.78 is 22.5. The number of nitrogens with zero attached hydrogens (tertiary/aromatic N) is 5. The van der Waals surface area contributed by atoms with Crippen LogP contribution in [-0.2, 0) is 23.7 Å². The van der Waals surface area contributed by atoms with Crippen molar-refractivity contribution < 1.29 is 28.5 Å². The number of carbonyl (C=O) groups excluding carboxylic acids is 2. The molecule has 31 heavy (non-hydrogen) atoms. The number of rotatable bonds is 7. The van der Waals surface area contributed by atoms with Crippen LogP contribution < -0.4 is 5.73 Å². The number of fused-ring (bicyclic) bond motifs is 1. The summed E-state index contributed by atoms with van der Waals surface area (Å²) in [7, 11) is 3.41. The quantitative estimate of drug-likeness (QED) is 0.492. The molecule has 0 aromatic carbocycles. The van der Waals surface area contributed by atoms with E-state index in [0.29, 0.717) is 29.9 Å². The van der Waals surface area contributed by atoms with Gasteiger partial charge in [0.15, 0.2) is 11.4 Å². The Balaban J connectivity index is 1.56. The van der Waals surface area contributed by atoms with Crippen LogP contribution >= 0.6 is 0 Å². The number of nitrogen functional groups attached to an aromatic ring is 1. The number of esters is 1. The van der Waals surface area contributed by atoms with E-state index < -0.39 is 30.1 Å². The zero-order chi connectivity index (χ0) is 22.6. The van der Waals surface area contributed by atoms with Crippen LogP contribution in [0.4, 0.5) is 10.6 Å². The van der Waals surface area contributed by atoms with Gasteiger partial charge < -0.3 is 24.7 Å². The third-order valence-electron chi connectivity index (χ3n) is 4.65. The first-order chi connectivity index (χ1) is 14.7. The fourth-order valence-electron chi connectivity index (χ4n) is 3.25. The van der Waals surface area contributed by atoms with E-state index >= 15 is 0 Å². The number of hydrogen-bond donors (Lipinski definition) is 1. The maximum atomic E-state index is 11.9. The number of carbonyl (C=O) groups is 2. The van der Waals surface area contributed by atoms with E-state index in [9.17, 15) is 14.9 Å². The highest BCUT2D eigenvalue weighted by atomic mass is 16.8. The van der Waals surface area contributed by atoms with Crippen molar-refractivity contribution in [1.82, 2.24) is 19.5 Å². The molecule has 3 rings (SSSR count). The van der Waals surface area contributed by atoms with Crippen molar-refractivity contribution >= 4 is 23.5 Å². The lowest BCUT2D eigenvalue weighted by molar-refractivity contribution is -0.169. The molecular weight excluding hydrogens is 408 g/mol. The molecule has 0 radical (unpaired) electrons. The number of ether oxygens (including phenoxy) is 4. The Bertz CT molecular complexity index is 1000. The SMILES string of the molecule is CC(OC(=O)CN(C)C)OC(=O)OCC1(C#N)CCC(c2ccc3c(N)ncnn23)O1. The molecule has 0 spiro atoms. The fourth-order valence-corrected chi connectivity index (χ4v) is 3.25. The molecule has 1 aliphatic rings. The van der Waals surface area contributed by atoms with Gasteiger partial charge in [0, 0.05) is 6.92 Å². The summed E-state index contributed by atoms with van der Waals surface area (Å²) in [5.41, 5.74) is 5.86. The summed E-state index contributed by atoms with van der Waals surface area (Å²) in [6.45, 7) is 1.10. The Kier molecular flexibility index (Phi) is 6.57. The zero-order valence-corrected chi connectivity index (χ0v) is 17.5. The maximum Gasteiger partial charge on any atom is 0.511 e. The Hall–Kier alpha value is -3.43. The topological polar surface area (TPSA) is 154 Å². The molecule has 12 nitrogen and oxygen atoms in total. The predicted octanol–water partition coefficient (Wildman–Crippen LogP) is 1.03. The van der Waals surface area contributed by atoms with E-state index in [1.807, 2.05) is 0 Å². The normalized spacial score (nSPS) is 21.6. The highest BCUT2D eigenvalue weighted by Gasteiger charge is 2.43. The van der Waals surface area contributed by atoms with Crippen LogP contribution in [0.15, 0.2) is 18.5 Å². The van der Waals surface area contributed by atoms with Crippen LogP contribution in [0.2, 0.25) is 0 Å². The van der Waals surface area contributed by atoms with E-state index in [0.717, 1.165) is 0 Å². The van der Waals surface area contributed by atoms with Crippen LogP contribution in [-0.4, -0.2) is 70.8 Å². The van der Waals surface area contributed by atoms with Gasteiger partial charge in [0.25, 0.3) is 0 Å².